The number of imide groups is 1. The van der Waals surface area contributed by atoms with E-state index in [-0.39, 0.29) is 11.8 Å². The molecule has 5 heteroatoms. The number of nitrogens with two attached hydrogens (primary N) is 1. The lowest BCUT2D eigenvalue weighted by Crippen LogP contribution is -2.31. The molecule has 1 aromatic rings. The first kappa shape index (κ1) is 11.6. The van der Waals surface area contributed by atoms with Crippen LogP contribution in [0.2, 0.25) is 0 Å². The summed E-state index contributed by atoms with van der Waals surface area (Å²) < 4.78 is 5.04. The molecule has 17 heavy (non-hydrogen) atoms. The summed E-state index contributed by atoms with van der Waals surface area (Å²) >= 11 is 0. The van der Waals surface area contributed by atoms with Gasteiger partial charge < -0.3 is 10.5 Å². The highest BCUT2D eigenvalue weighted by Crippen LogP contribution is 2.26. The number of hydrogen-bond acceptors (Lipinski definition) is 4. The van der Waals surface area contributed by atoms with Crippen LogP contribution in [0.15, 0.2) is 18.2 Å². The molecule has 0 atom stereocenters. The van der Waals surface area contributed by atoms with Crippen molar-refractivity contribution in [2.24, 2.45) is 5.73 Å². The number of nitrogens with zero attached hydrogens (tertiary/aromatic N) is 1. The quantitative estimate of drug-likeness (QED) is 0.776. The molecule has 2 amide bonds. The molecule has 1 heterocycles. The van der Waals surface area contributed by atoms with Crippen molar-refractivity contribution in [2.75, 3.05) is 20.2 Å². The Bertz CT molecular complexity index is 471. The molecule has 0 fully saturated rings. The van der Waals surface area contributed by atoms with Crippen molar-refractivity contribution in [3.63, 3.8) is 0 Å². The highest BCUT2D eigenvalue weighted by atomic mass is 16.5. The summed E-state index contributed by atoms with van der Waals surface area (Å²) in [5.74, 6) is 0.0593. The number of rotatable bonds is 4. The van der Waals surface area contributed by atoms with Crippen molar-refractivity contribution in [3.8, 4) is 5.75 Å². The van der Waals surface area contributed by atoms with Crippen LogP contribution in [0.25, 0.3) is 0 Å². The minimum Gasteiger partial charge on any atom is -0.497 e. The molecule has 90 valence electrons. The van der Waals surface area contributed by atoms with Crippen LogP contribution in [0.1, 0.15) is 27.1 Å². The monoisotopic (exact) mass is 234 g/mol. The molecule has 0 bridgehead atoms. The first-order valence-electron chi connectivity index (χ1n) is 5.43. The van der Waals surface area contributed by atoms with Gasteiger partial charge in [0, 0.05) is 6.54 Å². The molecule has 0 saturated heterocycles. The fourth-order valence-corrected chi connectivity index (χ4v) is 1.85. The van der Waals surface area contributed by atoms with Gasteiger partial charge in [0.1, 0.15) is 5.75 Å². The third-order valence-electron chi connectivity index (χ3n) is 2.76. The average Bonchev–Trinajstić information content (AvgIpc) is 2.59. The van der Waals surface area contributed by atoms with Crippen LogP contribution in [-0.2, 0) is 0 Å². The van der Waals surface area contributed by atoms with E-state index < -0.39 is 0 Å². The van der Waals surface area contributed by atoms with Crippen LogP contribution in [0.3, 0.4) is 0 Å². The fourth-order valence-electron chi connectivity index (χ4n) is 1.85. The van der Waals surface area contributed by atoms with Gasteiger partial charge >= 0.3 is 0 Å². The summed E-state index contributed by atoms with van der Waals surface area (Å²) in [6.07, 6.45) is 0.614. The van der Waals surface area contributed by atoms with Gasteiger partial charge in [-0.05, 0) is 31.2 Å². The second-order valence-corrected chi connectivity index (χ2v) is 3.82. The molecule has 0 aromatic heterocycles. The highest BCUT2D eigenvalue weighted by molar-refractivity contribution is 6.21. The van der Waals surface area contributed by atoms with Crippen LogP contribution < -0.4 is 10.5 Å². The lowest BCUT2D eigenvalue weighted by molar-refractivity contribution is 0.0653. The van der Waals surface area contributed by atoms with Crippen molar-refractivity contribution >= 4 is 11.8 Å². The Labute approximate surface area is 99.2 Å². The summed E-state index contributed by atoms with van der Waals surface area (Å²) in [6.45, 7) is 0.821. The van der Waals surface area contributed by atoms with Gasteiger partial charge in [-0.2, -0.15) is 0 Å². The first-order chi connectivity index (χ1) is 8.19. The van der Waals surface area contributed by atoms with E-state index in [1.54, 1.807) is 18.2 Å². The lowest BCUT2D eigenvalue weighted by atomic mass is 10.1. The third-order valence-corrected chi connectivity index (χ3v) is 2.76. The van der Waals surface area contributed by atoms with Crippen molar-refractivity contribution in [3.05, 3.63) is 29.3 Å². The third kappa shape index (κ3) is 1.89. The van der Waals surface area contributed by atoms with Gasteiger partial charge in [-0.1, -0.05) is 0 Å². The summed E-state index contributed by atoms with van der Waals surface area (Å²) in [7, 11) is 1.52. The zero-order chi connectivity index (χ0) is 12.4. The highest BCUT2D eigenvalue weighted by Gasteiger charge is 2.35. The molecular weight excluding hydrogens is 220 g/mol. The summed E-state index contributed by atoms with van der Waals surface area (Å²) in [6, 6.07) is 4.89. The van der Waals surface area contributed by atoms with Crippen LogP contribution in [0.5, 0.6) is 5.75 Å². The predicted molar refractivity (Wildman–Crippen MR) is 62.0 cm³/mol. The van der Waals surface area contributed by atoms with E-state index in [0.717, 1.165) is 0 Å². The Balaban J connectivity index is 2.32. The van der Waals surface area contributed by atoms with Crippen LogP contribution >= 0.6 is 0 Å². The second-order valence-electron chi connectivity index (χ2n) is 3.82. The fraction of sp³-hybridized carbons (Fsp3) is 0.333. The van der Waals surface area contributed by atoms with Crippen LogP contribution in [0.4, 0.5) is 0 Å². The first-order valence-corrected chi connectivity index (χ1v) is 5.43. The normalized spacial score (nSPS) is 14.1. The van der Waals surface area contributed by atoms with Gasteiger partial charge in [-0.25, -0.2) is 0 Å². The molecule has 5 nitrogen and oxygen atoms in total. The van der Waals surface area contributed by atoms with Gasteiger partial charge in [0.2, 0.25) is 0 Å². The van der Waals surface area contributed by atoms with Crippen molar-refractivity contribution < 1.29 is 14.3 Å². The number of benzene rings is 1. The zero-order valence-electron chi connectivity index (χ0n) is 9.60. The van der Waals surface area contributed by atoms with Gasteiger partial charge in [0.15, 0.2) is 0 Å². The molecule has 0 spiro atoms. The van der Waals surface area contributed by atoms with E-state index >= 15 is 0 Å². The smallest absolute Gasteiger partial charge is 0.261 e. The Kier molecular flexibility index (Phi) is 3.10. The van der Waals surface area contributed by atoms with E-state index in [9.17, 15) is 9.59 Å². The van der Waals surface area contributed by atoms with E-state index in [2.05, 4.69) is 0 Å². The van der Waals surface area contributed by atoms with Gasteiger partial charge in [-0.3, -0.25) is 14.5 Å². The van der Waals surface area contributed by atoms with Crippen molar-refractivity contribution in [1.82, 2.24) is 4.90 Å². The van der Waals surface area contributed by atoms with Gasteiger partial charge in [0.25, 0.3) is 11.8 Å². The number of ether oxygens (including phenoxy) is 1. The number of hydrogen-bond donors (Lipinski definition) is 1. The number of carbonyl (C=O) groups excluding carboxylic acids is 2. The molecule has 1 aliphatic heterocycles. The SMILES string of the molecule is COc1ccc2c(c1)C(=O)N(CCCN)C2=O. The maximum atomic E-state index is 12.0. The van der Waals surface area contributed by atoms with Crippen LogP contribution in [0, 0.1) is 0 Å². The number of fused-ring (bicyclic) bond motifs is 1. The minimum atomic E-state index is -0.266. The molecule has 0 radical (unpaired) electrons. The van der Waals surface area contributed by atoms with E-state index in [4.69, 9.17) is 10.5 Å². The number of carbonyl (C=O) groups is 2. The molecule has 0 aliphatic carbocycles. The molecule has 1 aromatic carbocycles. The average molecular weight is 234 g/mol. The number of methoxy groups -OCH3 is 1. The molecule has 2 N–H and O–H groups in total. The van der Waals surface area contributed by atoms with E-state index in [1.165, 1.54) is 12.0 Å². The molecule has 2 rings (SSSR count). The molecule has 0 unspecified atom stereocenters. The minimum absolute atomic E-state index is 0.249. The Morgan fingerprint density at radius 3 is 2.59 bits per heavy atom. The molecule has 1 aliphatic rings. The van der Waals surface area contributed by atoms with Crippen molar-refractivity contribution in [1.29, 1.82) is 0 Å². The maximum absolute atomic E-state index is 12.0. The molecular formula is C12H14N2O3. The predicted octanol–water partition coefficient (Wildman–Crippen LogP) is 0.640. The van der Waals surface area contributed by atoms with Gasteiger partial charge in [0.05, 0.1) is 18.2 Å². The summed E-state index contributed by atoms with van der Waals surface area (Å²) in [5, 5.41) is 0. The van der Waals surface area contributed by atoms with Gasteiger partial charge in [-0.15, -0.1) is 0 Å². The van der Waals surface area contributed by atoms with Crippen LogP contribution in [-0.4, -0.2) is 36.9 Å². The summed E-state index contributed by atoms with van der Waals surface area (Å²) in [4.78, 5) is 25.2. The largest absolute Gasteiger partial charge is 0.497 e. The molecule has 0 saturated carbocycles. The summed E-state index contributed by atoms with van der Waals surface area (Å²) in [5.41, 5.74) is 6.23. The second kappa shape index (κ2) is 4.55. The topological polar surface area (TPSA) is 72.6 Å². The Morgan fingerprint density at radius 1 is 1.24 bits per heavy atom. The Morgan fingerprint density at radius 2 is 1.94 bits per heavy atom. The lowest BCUT2D eigenvalue weighted by Gasteiger charge is -2.12. The van der Waals surface area contributed by atoms with E-state index in [1.807, 2.05) is 0 Å². The van der Waals surface area contributed by atoms with E-state index in [0.29, 0.717) is 36.4 Å². The standard InChI is InChI=1S/C12H14N2O3/c1-17-8-3-4-9-10(7-8)12(16)14(11(9)15)6-2-5-13/h3-4,7H,2,5-6,13H2,1H3. The number of amides is 2. The maximum Gasteiger partial charge on any atom is 0.261 e. The zero-order valence-corrected chi connectivity index (χ0v) is 9.60. The Hall–Kier alpha value is -1.88. The van der Waals surface area contributed by atoms with Crippen molar-refractivity contribution in [2.45, 2.75) is 6.42 Å².